The molecule has 7 nitrogen and oxygen atoms in total. The van der Waals surface area contributed by atoms with Crippen LogP contribution in [0.3, 0.4) is 0 Å². The van der Waals surface area contributed by atoms with Gasteiger partial charge in [-0.1, -0.05) is 12.1 Å². The molecular weight excluding hydrogens is 447 g/mol. The van der Waals surface area contributed by atoms with Crippen molar-refractivity contribution in [1.82, 2.24) is 5.32 Å². The summed E-state index contributed by atoms with van der Waals surface area (Å²) < 4.78 is 52.4. The van der Waals surface area contributed by atoms with Gasteiger partial charge in [-0.15, -0.1) is 0 Å². The van der Waals surface area contributed by atoms with Crippen LogP contribution in [0.25, 0.3) is 0 Å². The predicted octanol–water partition coefficient (Wildman–Crippen LogP) is 3.76. The lowest BCUT2D eigenvalue weighted by Crippen LogP contribution is -2.25. The van der Waals surface area contributed by atoms with Crippen LogP contribution in [-0.2, 0) is 16.4 Å². The summed E-state index contributed by atoms with van der Waals surface area (Å²) in [6, 6.07) is 16.8. The Morgan fingerprint density at radius 2 is 1.70 bits per heavy atom. The van der Waals surface area contributed by atoms with E-state index in [1.807, 2.05) is 0 Å². The van der Waals surface area contributed by atoms with Gasteiger partial charge >= 0.3 is 0 Å². The Bertz CT molecular complexity index is 1250. The van der Waals surface area contributed by atoms with Crippen LogP contribution in [0, 0.1) is 5.82 Å². The number of hydrogen-bond acceptors (Lipinski definition) is 5. The van der Waals surface area contributed by atoms with E-state index in [2.05, 4.69) is 10.0 Å². The average molecular weight is 471 g/mol. The lowest BCUT2D eigenvalue weighted by Gasteiger charge is -2.12. The van der Waals surface area contributed by atoms with Crippen molar-refractivity contribution in [3.63, 3.8) is 0 Å². The molecule has 4 rings (SSSR count). The van der Waals surface area contributed by atoms with Gasteiger partial charge in [0.1, 0.15) is 5.82 Å². The number of rotatable bonds is 7. The second-order valence-electron chi connectivity index (χ2n) is 7.48. The lowest BCUT2D eigenvalue weighted by atomic mass is 10.1. The summed E-state index contributed by atoms with van der Waals surface area (Å²) in [4.78, 5) is 12.4. The fourth-order valence-corrected chi connectivity index (χ4v) is 4.40. The number of fused-ring (bicyclic) bond motifs is 1. The Morgan fingerprint density at radius 3 is 2.45 bits per heavy atom. The Kier molecular flexibility index (Phi) is 6.79. The molecule has 1 amide bonds. The van der Waals surface area contributed by atoms with E-state index in [0.29, 0.717) is 48.9 Å². The molecular formula is C24H23FN2O5S. The highest BCUT2D eigenvalue weighted by Crippen LogP contribution is 2.32. The number of nitrogens with one attached hydrogen (secondary N) is 2. The number of carbonyl (C=O) groups excluding carboxylic acids is 1. The van der Waals surface area contributed by atoms with E-state index in [-0.39, 0.29) is 16.6 Å². The maximum Gasteiger partial charge on any atom is 0.262 e. The largest absolute Gasteiger partial charge is 0.490 e. The van der Waals surface area contributed by atoms with Gasteiger partial charge in [-0.3, -0.25) is 9.52 Å². The third-order valence-electron chi connectivity index (χ3n) is 5.02. The molecule has 0 fully saturated rings. The smallest absolute Gasteiger partial charge is 0.262 e. The van der Waals surface area contributed by atoms with Gasteiger partial charge in [-0.2, -0.15) is 0 Å². The van der Waals surface area contributed by atoms with Crippen LogP contribution in [0.5, 0.6) is 11.5 Å². The number of halogens is 1. The monoisotopic (exact) mass is 470 g/mol. The molecule has 0 atom stereocenters. The predicted molar refractivity (Wildman–Crippen MR) is 122 cm³/mol. The lowest BCUT2D eigenvalue weighted by molar-refractivity contribution is 0.0954. The molecule has 0 saturated carbocycles. The maximum atomic E-state index is 13.2. The molecule has 2 N–H and O–H groups in total. The Hall–Kier alpha value is -3.59. The topological polar surface area (TPSA) is 93.7 Å². The summed E-state index contributed by atoms with van der Waals surface area (Å²) >= 11 is 0. The van der Waals surface area contributed by atoms with Crippen molar-refractivity contribution in [1.29, 1.82) is 0 Å². The summed E-state index contributed by atoms with van der Waals surface area (Å²) in [5, 5.41) is 2.77. The van der Waals surface area contributed by atoms with Crippen LogP contribution in [0.2, 0.25) is 0 Å². The molecule has 0 spiro atoms. The first-order chi connectivity index (χ1) is 15.9. The van der Waals surface area contributed by atoms with Gasteiger partial charge in [-0.05, 0) is 60.5 Å². The highest BCUT2D eigenvalue weighted by Gasteiger charge is 2.19. The zero-order valence-electron chi connectivity index (χ0n) is 17.7. The first-order valence-electron chi connectivity index (χ1n) is 10.5. The molecule has 1 heterocycles. The zero-order chi connectivity index (χ0) is 23.3. The molecule has 0 unspecified atom stereocenters. The van der Waals surface area contributed by atoms with Gasteiger partial charge in [0, 0.05) is 30.3 Å². The second kappa shape index (κ2) is 9.91. The molecule has 9 heteroatoms. The maximum absolute atomic E-state index is 13.2. The Morgan fingerprint density at radius 1 is 0.939 bits per heavy atom. The number of sulfonamides is 1. The van der Waals surface area contributed by atoms with E-state index in [1.165, 1.54) is 48.5 Å². The quantitative estimate of drug-likeness (QED) is 0.549. The summed E-state index contributed by atoms with van der Waals surface area (Å²) in [7, 11) is -3.86. The normalized spacial score (nSPS) is 13.1. The molecule has 0 saturated heterocycles. The van der Waals surface area contributed by atoms with E-state index in [4.69, 9.17) is 9.47 Å². The van der Waals surface area contributed by atoms with Crippen molar-refractivity contribution >= 4 is 21.6 Å². The Balaban J connectivity index is 1.36. The zero-order valence-corrected chi connectivity index (χ0v) is 18.5. The van der Waals surface area contributed by atoms with E-state index >= 15 is 0 Å². The Labute approximate surface area is 191 Å². The minimum atomic E-state index is -3.86. The molecule has 33 heavy (non-hydrogen) atoms. The van der Waals surface area contributed by atoms with Crippen molar-refractivity contribution < 1.29 is 27.1 Å². The first kappa shape index (κ1) is 22.6. The van der Waals surface area contributed by atoms with Gasteiger partial charge < -0.3 is 14.8 Å². The van der Waals surface area contributed by atoms with Crippen LogP contribution in [-0.4, -0.2) is 34.1 Å². The van der Waals surface area contributed by atoms with Crippen molar-refractivity contribution in [3.05, 3.63) is 83.7 Å². The van der Waals surface area contributed by atoms with Crippen molar-refractivity contribution in [2.75, 3.05) is 24.5 Å². The average Bonchev–Trinajstić information content (AvgIpc) is 3.04. The molecule has 0 aliphatic carbocycles. The minimum absolute atomic E-state index is 0.0471. The van der Waals surface area contributed by atoms with Crippen LogP contribution < -0.4 is 19.5 Å². The van der Waals surface area contributed by atoms with E-state index in [0.717, 1.165) is 12.0 Å². The molecule has 0 aromatic heterocycles. The van der Waals surface area contributed by atoms with E-state index in [1.54, 1.807) is 18.2 Å². The summed E-state index contributed by atoms with van der Waals surface area (Å²) in [6.07, 6.45) is 1.22. The van der Waals surface area contributed by atoms with Crippen LogP contribution in [0.15, 0.2) is 71.6 Å². The van der Waals surface area contributed by atoms with Gasteiger partial charge in [-0.25, -0.2) is 12.8 Å². The number of amides is 1. The highest BCUT2D eigenvalue weighted by molar-refractivity contribution is 7.92. The fraction of sp³-hybridized carbons (Fsp3) is 0.208. The number of carbonyl (C=O) groups is 1. The summed E-state index contributed by atoms with van der Waals surface area (Å²) in [6.45, 7) is 1.32. The molecule has 1 aliphatic rings. The number of ether oxygens (including phenoxy) is 2. The number of hydrogen-bond donors (Lipinski definition) is 2. The van der Waals surface area contributed by atoms with Gasteiger partial charge in [0.25, 0.3) is 15.9 Å². The molecule has 1 aliphatic heterocycles. The molecule has 0 bridgehead atoms. The van der Waals surface area contributed by atoms with Gasteiger partial charge in [0.2, 0.25) is 0 Å². The van der Waals surface area contributed by atoms with Crippen LogP contribution in [0.1, 0.15) is 22.3 Å². The SMILES string of the molecule is O=C(NCCc1cccc(F)c1)c1ccc(NS(=O)(=O)c2ccc3c(c2)OCCCO3)cc1. The van der Waals surface area contributed by atoms with E-state index in [9.17, 15) is 17.6 Å². The fourth-order valence-electron chi connectivity index (χ4n) is 3.33. The number of benzene rings is 3. The van der Waals surface area contributed by atoms with Crippen molar-refractivity contribution in [2.45, 2.75) is 17.7 Å². The van der Waals surface area contributed by atoms with Crippen molar-refractivity contribution in [3.8, 4) is 11.5 Å². The summed E-state index contributed by atoms with van der Waals surface area (Å²) in [5.74, 6) is 0.284. The summed E-state index contributed by atoms with van der Waals surface area (Å²) in [5.41, 5.74) is 1.49. The van der Waals surface area contributed by atoms with Gasteiger partial charge in [0.05, 0.1) is 18.1 Å². The standard InChI is InChI=1S/C24H23FN2O5S/c25-19-4-1-3-17(15-19)11-12-26-24(28)18-5-7-20(8-6-18)27-33(29,30)21-9-10-22-23(16-21)32-14-2-13-31-22/h1,3-10,15-16,27H,2,11-14H2,(H,26,28). The molecule has 0 radical (unpaired) electrons. The van der Waals surface area contributed by atoms with Crippen molar-refractivity contribution in [2.24, 2.45) is 0 Å². The molecule has 3 aromatic carbocycles. The molecule has 172 valence electrons. The minimum Gasteiger partial charge on any atom is -0.490 e. The number of anilines is 1. The van der Waals surface area contributed by atoms with Crippen LogP contribution in [0.4, 0.5) is 10.1 Å². The van der Waals surface area contributed by atoms with E-state index < -0.39 is 10.0 Å². The second-order valence-corrected chi connectivity index (χ2v) is 9.16. The highest BCUT2D eigenvalue weighted by atomic mass is 32.2. The first-order valence-corrected chi connectivity index (χ1v) is 11.9. The third-order valence-corrected chi connectivity index (χ3v) is 6.40. The molecule has 3 aromatic rings. The third kappa shape index (κ3) is 5.81. The van der Waals surface area contributed by atoms with Crippen LogP contribution >= 0.6 is 0 Å². The van der Waals surface area contributed by atoms with Gasteiger partial charge in [0.15, 0.2) is 11.5 Å².